The Morgan fingerprint density at radius 1 is 1.23 bits per heavy atom. The van der Waals surface area contributed by atoms with Crippen LogP contribution in [0.15, 0.2) is 40.9 Å². The molecule has 0 unspecified atom stereocenters. The van der Waals surface area contributed by atoms with Gasteiger partial charge in [0.2, 0.25) is 5.91 Å². The van der Waals surface area contributed by atoms with Gasteiger partial charge in [0.25, 0.3) is 0 Å². The second-order valence-electron chi connectivity index (χ2n) is 6.65. The summed E-state index contributed by atoms with van der Waals surface area (Å²) in [7, 11) is 0. The summed E-state index contributed by atoms with van der Waals surface area (Å²) in [5, 5.41) is 2.72. The highest BCUT2D eigenvalue weighted by Crippen LogP contribution is 2.37. The molecule has 1 aliphatic carbocycles. The molecule has 4 nitrogen and oxygen atoms in total. The first kappa shape index (κ1) is 18.5. The maximum absolute atomic E-state index is 12.8. The molecule has 1 aromatic heterocycles. The summed E-state index contributed by atoms with van der Waals surface area (Å²) in [6.07, 6.45) is -0.936. The second kappa shape index (κ2) is 7.93. The number of nitrogens with zero attached hydrogens (tertiary/aromatic N) is 1. The Labute approximate surface area is 149 Å². The van der Waals surface area contributed by atoms with Crippen molar-refractivity contribution in [2.45, 2.75) is 50.7 Å². The highest BCUT2D eigenvalue weighted by atomic mass is 19.4. The standard InChI is InChI=1S/C19H21F3N2O2/c20-19(21,22)14-7-4-8-15(11-14)24-17(25)9-10-18-23-12-16(26-18)13-5-2-1-3-6-13/h1-3,5-6,12,14-15H,4,7-11H2,(H,24,25)/t14-,15+/m0/s1. The third-order valence-corrected chi connectivity index (χ3v) is 4.68. The van der Waals surface area contributed by atoms with Gasteiger partial charge in [-0.3, -0.25) is 4.79 Å². The lowest BCUT2D eigenvalue weighted by molar-refractivity contribution is -0.184. The van der Waals surface area contributed by atoms with Crippen LogP contribution in [0, 0.1) is 5.92 Å². The van der Waals surface area contributed by atoms with Gasteiger partial charge in [0, 0.05) is 24.4 Å². The van der Waals surface area contributed by atoms with Crippen LogP contribution < -0.4 is 5.32 Å². The van der Waals surface area contributed by atoms with E-state index >= 15 is 0 Å². The van der Waals surface area contributed by atoms with Crippen molar-refractivity contribution in [3.63, 3.8) is 0 Å². The molecule has 1 N–H and O–H groups in total. The second-order valence-corrected chi connectivity index (χ2v) is 6.65. The molecule has 26 heavy (non-hydrogen) atoms. The minimum Gasteiger partial charge on any atom is -0.441 e. The third-order valence-electron chi connectivity index (χ3n) is 4.68. The van der Waals surface area contributed by atoms with E-state index in [4.69, 9.17) is 4.42 Å². The molecule has 0 saturated heterocycles. The number of oxazole rings is 1. The van der Waals surface area contributed by atoms with Crippen molar-refractivity contribution in [3.05, 3.63) is 42.4 Å². The average Bonchev–Trinajstić information content (AvgIpc) is 3.09. The molecule has 0 radical (unpaired) electrons. The number of carbonyl (C=O) groups is 1. The zero-order valence-corrected chi connectivity index (χ0v) is 14.3. The first-order valence-corrected chi connectivity index (χ1v) is 8.78. The van der Waals surface area contributed by atoms with Crippen LogP contribution in [0.2, 0.25) is 0 Å². The number of amides is 1. The van der Waals surface area contributed by atoms with E-state index < -0.39 is 18.1 Å². The zero-order chi connectivity index (χ0) is 18.6. The normalized spacial score (nSPS) is 20.7. The highest BCUT2D eigenvalue weighted by Gasteiger charge is 2.42. The van der Waals surface area contributed by atoms with Crippen LogP contribution >= 0.6 is 0 Å². The predicted molar refractivity (Wildman–Crippen MR) is 90.2 cm³/mol. The van der Waals surface area contributed by atoms with Crippen LogP contribution in [0.1, 0.15) is 38.0 Å². The van der Waals surface area contributed by atoms with Gasteiger partial charge in [-0.15, -0.1) is 0 Å². The van der Waals surface area contributed by atoms with Gasteiger partial charge in [-0.1, -0.05) is 36.8 Å². The van der Waals surface area contributed by atoms with Crippen LogP contribution in [0.4, 0.5) is 13.2 Å². The van der Waals surface area contributed by atoms with Crippen LogP contribution in [-0.2, 0) is 11.2 Å². The minimum atomic E-state index is -4.19. The number of benzene rings is 1. The molecule has 1 heterocycles. The number of alkyl halides is 3. The van der Waals surface area contributed by atoms with Gasteiger partial charge in [0.1, 0.15) is 0 Å². The Morgan fingerprint density at radius 2 is 2.00 bits per heavy atom. The maximum atomic E-state index is 12.8. The van der Waals surface area contributed by atoms with Gasteiger partial charge >= 0.3 is 6.18 Å². The molecule has 1 aliphatic rings. The largest absolute Gasteiger partial charge is 0.441 e. The predicted octanol–water partition coefficient (Wildman–Crippen LogP) is 4.51. The number of rotatable bonds is 5. The van der Waals surface area contributed by atoms with Crippen molar-refractivity contribution in [2.24, 2.45) is 5.92 Å². The van der Waals surface area contributed by atoms with Crippen molar-refractivity contribution < 1.29 is 22.4 Å². The minimum absolute atomic E-state index is 0.0353. The molecule has 1 fully saturated rings. The third kappa shape index (κ3) is 4.86. The highest BCUT2D eigenvalue weighted by molar-refractivity contribution is 5.76. The summed E-state index contributed by atoms with van der Waals surface area (Å²) in [6, 6.07) is 9.08. The molecule has 2 aromatic rings. The van der Waals surface area contributed by atoms with Gasteiger partial charge in [-0.2, -0.15) is 13.2 Å². The quantitative estimate of drug-likeness (QED) is 0.847. The molecule has 140 valence electrons. The lowest BCUT2D eigenvalue weighted by atomic mass is 9.85. The summed E-state index contributed by atoms with van der Waals surface area (Å²) in [6.45, 7) is 0. The summed E-state index contributed by atoms with van der Waals surface area (Å²) in [4.78, 5) is 16.2. The van der Waals surface area contributed by atoms with Crippen molar-refractivity contribution >= 4 is 5.91 Å². The van der Waals surface area contributed by atoms with Crippen LogP contribution in [0.3, 0.4) is 0 Å². The van der Waals surface area contributed by atoms with E-state index in [9.17, 15) is 18.0 Å². The molecule has 7 heteroatoms. The zero-order valence-electron chi connectivity index (χ0n) is 14.3. The van der Waals surface area contributed by atoms with Crippen LogP contribution in [0.5, 0.6) is 0 Å². The number of hydrogen-bond acceptors (Lipinski definition) is 3. The maximum Gasteiger partial charge on any atom is 0.391 e. The smallest absolute Gasteiger partial charge is 0.391 e. The van der Waals surface area contributed by atoms with Crippen molar-refractivity contribution in [1.29, 1.82) is 0 Å². The van der Waals surface area contributed by atoms with Gasteiger partial charge in [-0.05, 0) is 19.3 Å². The first-order valence-electron chi connectivity index (χ1n) is 8.78. The number of aryl methyl sites for hydroxylation is 1. The fourth-order valence-electron chi connectivity index (χ4n) is 3.30. The number of halogens is 3. The summed E-state index contributed by atoms with van der Waals surface area (Å²) in [5.41, 5.74) is 0.899. The van der Waals surface area contributed by atoms with Crippen molar-refractivity contribution in [1.82, 2.24) is 10.3 Å². The van der Waals surface area contributed by atoms with Crippen molar-refractivity contribution in [2.75, 3.05) is 0 Å². The molecule has 2 atom stereocenters. The molecule has 3 rings (SSSR count). The Morgan fingerprint density at radius 3 is 2.73 bits per heavy atom. The monoisotopic (exact) mass is 366 g/mol. The number of aromatic nitrogens is 1. The fraction of sp³-hybridized carbons (Fsp3) is 0.474. The van der Waals surface area contributed by atoms with E-state index in [0.717, 1.165) is 5.56 Å². The number of hydrogen-bond donors (Lipinski definition) is 1. The van der Waals surface area contributed by atoms with E-state index in [1.165, 1.54) is 0 Å². The van der Waals surface area contributed by atoms with Crippen LogP contribution in [0.25, 0.3) is 11.3 Å². The fourth-order valence-corrected chi connectivity index (χ4v) is 3.30. The van der Waals surface area contributed by atoms with E-state index in [1.54, 1.807) is 6.20 Å². The van der Waals surface area contributed by atoms with Gasteiger partial charge in [-0.25, -0.2) is 4.98 Å². The molecule has 0 bridgehead atoms. The van der Waals surface area contributed by atoms with E-state index in [2.05, 4.69) is 10.3 Å². The van der Waals surface area contributed by atoms with E-state index in [1.807, 2.05) is 30.3 Å². The molecule has 1 aromatic carbocycles. The van der Waals surface area contributed by atoms with E-state index in [0.29, 0.717) is 30.9 Å². The Kier molecular flexibility index (Phi) is 5.64. The average molecular weight is 366 g/mol. The summed E-state index contributed by atoms with van der Waals surface area (Å²) >= 11 is 0. The lowest BCUT2D eigenvalue weighted by Gasteiger charge is -2.31. The molecule has 0 spiro atoms. The lowest BCUT2D eigenvalue weighted by Crippen LogP contribution is -2.41. The van der Waals surface area contributed by atoms with Gasteiger partial charge in [0.15, 0.2) is 11.7 Å². The topological polar surface area (TPSA) is 55.1 Å². The molecule has 0 aliphatic heterocycles. The summed E-state index contributed by atoms with van der Waals surface area (Å²) < 4.78 is 44.1. The first-order chi connectivity index (χ1) is 12.4. The molecule has 1 amide bonds. The van der Waals surface area contributed by atoms with Crippen molar-refractivity contribution in [3.8, 4) is 11.3 Å². The Bertz CT molecular complexity index is 728. The molecular formula is C19H21F3N2O2. The summed E-state index contributed by atoms with van der Waals surface area (Å²) in [5.74, 6) is -0.517. The van der Waals surface area contributed by atoms with Gasteiger partial charge < -0.3 is 9.73 Å². The number of carbonyl (C=O) groups excluding carboxylic acids is 1. The Balaban J connectivity index is 1.48. The Hall–Kier alpha value is -2.31. The SMILES string of the molecule is O=C(CCc1ncc(-c2ccccc2)o1)N[C@@H]1CCC[C@H](C(F)(F)F)C1. The molecule has 1 saturated carbocycles. The molecular weight excluding hydrogens is 345 g/mol. The van der Waals surface area contributed by atoms with Gasteiger partial charge in [0.05, 0.1) is 12.1 Å². The van der Waals surface area contributed by atoms with Crippen LogP contribution in [-0.4, -0.2) is 23.1 Å². The van der Waals surface area contributed by atoms with E-state index in [-0.39, 0.29) is 25.2 Å². The number of nitrogens with one attached hydrogen (secondary N) is 1.